The molecule has 0 aliphatic rings. The summed E-state index contributed by atoms with van der Waals surface area (Å²) in [6, 6.07) is 2.54. The number of hydrogen-bond acceptors (Lipinski definition) is 12. The van der Waals surface area contributed by atoms with Crippen molar-refractivity contribution >= 4 is 68.6 Å². The van der Waals surface area contributed by atoms with Gasteiger partial charge >= 0.3 is 0 Å². The zero-order chi connectivity index (χ0) is 42.8. The minimum atomic E-state index is -1.13. The number of hydrogen-bond donors (Lipinski definition) is 9. The first-order valence-corrected chi connectivity index (χ1v) is 19.6. The van der Waals surface area contributed by atoms with Crippen molar-refractivity contribution in [2.45, 2.75) is 98.1 Å². The number of aliphatic imine (C=N–C) groups is 1. The molecule has 314 valence electrons. The molecule has 1 aromatic heterocycles. The van der Waals surface area contributed by atoms with Gasteiger partial charge in [0.2, 0.25) is 35.3 Å². The van der Waals surface area contributed by atoms with Crippen molar-refractivity contribution < 1.29 is 33.6 Å². The van der Waals surface area contributed by atoms with Crippen LogP contribution in [0.15, 0.2) is 23.2 Å². The van der Waals surface area contributed by atoms with E-state index in [-0.39, 0.29) is 61.4 Å². The summed E-state index contributed by atoms with van der Waals surface area (Å²) >= 11 is 1.03. The number of nitrogens with zero attached hydrogens (tertiary/aromatic N) is 2. The summed E-state index contributed by atoms with van der Waals surface area (Å²) in [4.78, 5) is 95.6. The average Bonchev–Trinajstić information content (AvgIpc) is 3.56. The normalized spacial score (nSPS) is 12.1. The van der Waals surface area contributed by atoms with Crippen molar-refractivity contribution in [2.75, 3.05) is 33.2 Å². The number of fused-ring (bicyclic) bond motifs is 1. The summed E-state index contributed by atoms with van der Waals surface area (Å²) in [5.41, 5.74) is 27.4. The molecule has 18 nitrogen and oxygen atoms in total. The minimum Gasteiger partial charge on any atom is -0.370 e. The SMILES string of the molecule is CCC.CCCCN.CNCC(=O)NC(CCC(N)=O)C(=O)NCC(=O)NC(CCCN=C(N)N)C(=O)c1nc2ccc(C(=O)CC(C(N)=O)C(C)C)cc2s1. The van der Waals surface area contributed by atoms with Crippen molar-refractivity contribution in [2.24, 2.45) is 45.5 Å². The maximum absolute atomic E-state index is 13.6. The van der Waals surface area contributed by atoms with Crippen LogP contribution in [-0.2, 0) is 24.0 Å². The highest BCUT2D eigenvalue weighted by Crippen LogP contribution is 2.27. The van der Waals surface area contributed by atoms with E-state index in [0.29, 0.717) is 22.2 Å². The number of guanidine groups is 1. The van der Waals surface area contributed by atoms with Crippen LogP contribution in [0.1, 0.15) is 106 Å². The number of carbonyl (C=O) groups is 7. The molecule has 0 bridgehead atoms. The number of ketones is 2. The molecule has 0 spiro atoms. The third-order valence-corrected chi connectivity index (χ3v) is 8.78. The molecule has 2 aromatic rings. The van der Waals surface area contributed by atoms with Crippen molar-refractivity contribution in [1.82, 2.24) is 26.3 Å². The summed E-state index contributed by atoms with van der Waals surface area (Å²) in [7, 11) is 1.54. The lowest BCUT2D eigenvalue weighted by Gasteiger charge is -2.19. The molecule has 3 atom stereocenters. The van der Waals surface area contributed by atoms with Gasteiger partial charge in [-0.2, -0.15) is 0 Å². The number of primary amides is 2. The molecule has 3 unspecified atom stereocenters. The molecule has 2 rings (SSSR count). The first kappa shape index (κ1) is 51.0. The van der Waals surface area contributed by atoms with Gasteiger partial charge in [-0.3, -0.25) is 38.6 Å². The number of benzene rings is 1. The summed E-state index contributed by atoms with van der Waals surface area (Å²) in [5.74, 6) is -4.84. The monoisotopic (exact) mass is 805 g/mol. The van der Waals surface area contributed by atoms with Gasteiger partial charge in [-0.05, 0) is 63.4 Å². The highest BCUT2D eigenvalue weighted by molar-refractivity contribution is 7.20. The molecule has 0 fully saturated rings. The summed E-state index contributed by atoms with van der Waals surface area (Å²) < 4.78 is 0.546. The van der Waals surface area contributed by atoms with Gasteiger partial charge in [0.25, 0.3) is 0 Å². The van der Waals surface area contributed by atoms with E-state index in [2.05, 4.69) is 52.0 Å². The number of carbonyl (C=O) groups excluding carboxylic acids is 7. The number of thiazole rings is 1. The molecule has 5 amide bonds. The zero-order valence-electron chi connectivity index (χ0n) is 33.6. The molecule has 0 radical (unpaired) electrons. The van der Waals surface area contributed by atoms with Gasteiger partial charge in [0, 0.05) is 30.9 Å². The van der Waals surface area contributed by atoms with Crippen molar-refractivity contribution in [3.63, 3.8) is 0 Å². The van der Waals surface area contributed by atoms with Gasteiger partial charge in [0.05, 0.1) is 29.3 Å². The van der Waals surface area contributed by atoms with Crippen molar-refractivity contribution in [3.05, 3.63) is 28.8 Å². The van der Waals surface area contributed by atoms with E-state index < -0.39 is 59.9 Å². The van der Waals surface area contributed by atoms with E-state index >= 15 is 0 Å². The fraction of sp³-hybridized carbons (Fsp3) is 0.595. The standard InChI is InChI=1S/C30H44N10O7S.C4H11N.C3H8/c1-15(2)17(27(32)46)12-21(41)16-6-7-18-22(11-16)48-29(40-18)26(45)19(5-4-10-36-30(33)34)38-25(44)14-37-28(47)20(8-9-23(31)42)39-24(43)13-35-3;1-2-3-4-5;1-3-2/h6-7,11,15,17,19-20,35H,4-5,8-10,12-14H2,1-3H3,(H2,31,42)(H2,32,46)(H,37,47)(H,38,44)(H,39,43)(H4,33,34,36);2-5H2,1H3;3H2,1-2H3. The highest BCUT2D eigenvalue weighted by Gasteiger charge is 2.28. The Bertz CT molecular complexity index is 1610. The van der Waals surface area contributed by atoms with Crippen LogP contribution in [-0.4, -0.2) is 97.4 Å². The number of nitrogens with one attached hydrogen (secondary N) is 4. The predicted molar refractivity (Wildman–Crippen MR) is 219 cm³/mol. The zero-order valence-corrected chi connectivity index (χ0v) is 34.4. The molecule has 19 heteroatoms. The average molecular weight is 806 g/mol. The third-order valence-electron chi connectivity index (χ3n) is 7.74. The van der Waals surface area contributed by atoms with Gasteiger partial charge in [-0.1, -0.05) is 47.5 Å². The lowest BCUT2D eigenvalue weighted by molar-refractivity contribution is -0.130. The summed E-state index contributed by atoms with van der Waals surface area (Å²) in [5, 5.41) is 10.2. The summed E-state index contributed by atoms with van der Waals surface area (Å²) in [6.45, 7) is 10.4. The molecule has 0 aliphatic carbocycles. The topological polar surface area (TPSA) is 323 Å². The molecule has 1 heterocycles. The number of unbranched alkanes of at least 4 members (excludes halogenated alkanes) is 1. The van der Waals surface area contributed by atoms with Crippen LogP contribution in [0.3, 0.4) is 0 Å². The van der Waals surface area contributed by atoms with Crippen LogP contribution in [0.25, 0.3) is 10.2 Å². The van der Waals surface area contributed by atoms with Gasteiger partial charge in [-0.15, -0.1) is 11.3 Å². The Balaban J connectivity index is 0.00000343. The second kappa shape index (κ2) is 28.4. The first-order chi connectivity index (χ1) is 26.4. The van der Waals surface area contributed by atoms with Gasteiger partial charge in [0.15, 0.2) is 16.8 Å². The molecular formula is C37H63N11O7S. The van der Waals surface area contributed by atoms with Crippen molar-refractivity contribution in [3.8, 4) is 0 Å². The lowest BCUT2D eigenvalue weighted by Crippen LogP contribution is -2.52. The molecule has 0 saturated heterocycles. The highest BCUT2D eigenvalue weighted by atomic mass is 32.1. The lowest BCUT2D eigenvalue weighted by atomic mass is 9.88. The van der Waals surface area contributed by atoms with Gasteiger partial charge < -0.3 is 49.9 Å². The van der Waals surface area contributed by atoms with Crippen LogP contribution in [0.2, 0.25) is 0 Å². The first-order valence-electron chi connectivity index (χ1n) is 18.8. The maximum atomic E-state index is 13.6. The van der Waals surface area contributed by atoms with Gasteiger partial charge in [-0.25, -0.2) is 4.98 Å². The Morgan fingerprint density at radius 3 is 2.02 bits per heavy atom. The van der Waals surface area contributed by atoms with Gasteiger partial charge in [0.1, 0.15) is 6.04 Å². The smallest absolute Gasteiger partial charge is 0.243 e. The summed E-state index contributed by atoms with van der Waals surface area (Å²) in [6.07, 6.45) is 3.75. The number of Topliss-reactive ketones (excluding diaryl/α,β-unsaturated/α-hetero) is 2. The number of nitrogens with two attached hydrogens (primary N) is 5. The second-order valence-corrected chi connectivity index (χ2v) is 14.3. The van der Waals surface area contributed by atoms with E-state index in [1.54, 1.807) is 25.2 Å². The molecule has 0 aliphatic heterocycles. The predicted octanol–water partition coefficient (Wildman–Crippen LogP) is 0.595. The number of amides is 5. The minimum absolute atomic E-state index is 0.0578. The van der Waals surface area contributed by atoms with E-state index in [1.165, 1.54) is 19.3 Å². The van der Waals surface area contributed by atoms with E-state index in [0.717, 1.165) is 17.9 Å². The quantitative estimate of drug-likeness (QED) is 0.0323. The number of rotatable bonds is 23. The van der Waals surface area contributed by atoms with Crippen LogP contribution < -0.4 is 49.9 Å². The number of aromatic nitrogens is 1. The largest absolute Gasteiger partial charge is 0.370 e. The molecule has 1 aromatic carbocycles. The second-order valence-electron chi connectivity index (χ2n) is 13.2. The Morgan fingerprint density at radius 2 is 1.50 bits per heavy atom. The number of likely N-dealkylation sites (N-methyl/N-ethyl adjacent to an activating group) is 1. The van der Waals surface area contributed by atoms with Crippen LogP contribution in [0.4, 0.5) is 0 Å². The molecule has 0 saturated carbocycles. The van der Waals surface area contributed by atoms with Crippen LogP contribution >= 0.6 is 11.3 Å². The molecular weight excluding hydrogens is 743 g/mol. The van der Waals surface area contributed by atoms with Crippen LogP contribution in [0, 0.1) is 11.8 Å². The maximum Gasteiger partial charge on any atom is 0.243 e. The molecule has 56 heavy (non-hydrogen) atoms. The Labute approximate surface area is 333 Å². The Morgan fingerprint density at radius 1 is 0.875 bits per heavy atom. The molecule has 14 N–H and O–H groups in total. The fourth-order valence-electron chi connectivity index (χ4n) is 4.81. The van der Waals surface area contributed by atoms with Crippen molar-refractivity contribution in [1.29, 1.82) is 0 Å². The van der Waals surface area contributed by atoms with E-state index in [1.807, 2.05) is 13.8 Å². The fourth-order valence-corrected chi connectivity index (χ4v) is 5.81. The van der Waals surface area contributed by atoms with E-state index in [9.17, 15) is 33.6 Å². The Hall–Kier alpha value is -5.01. The van der Waals surface area contributed by atoms with Crippen LogP contribution in [0.5, 0.6) is 0 Å². The third kappa shape index (κ3) is 20.6. The van der Waals surface area contributed by atoms with E-state index in [4.69, 9.17) is 28.7 Å². The Kier molecular flexibility index (Phi) is 25.9.